The van der Waals surface area contributed by atoms with Gasteiger partial charge in [0, 0.05) is 11.6 Å². The zero-order valence-electron chi connectivity index (χ0n) is 14.2. The number of benzene rings is 3. The van der Waals surface area contributed by atoms with Gasteiger partial charge in [-0.15, -0.1) is 0 Å². The molecule has 0 fully saturated rings. The van der Waals surface area contributed by atoms with E-state index < -0.39 is 15.9 Å². The Morgan fingerprint density at radius 2 is 1.61 bits per heavy atom. The summed E-state index contributed by atoms with van der Waals surface area (Å²) in [6.07, 6.45) is 0. The zero-order chi connectivity index (χ0) is 20.3. The molecule has 0 bridgehead atoms. The molecule has 6 nitrogen and oxygen atoms in total. The van der Waals surface area contributed by atoms with Crippen LogP contribution in [0.1, 0.15) is 10.4 Å². The van der Waals surface area contributed by atoms with Crippen molar-refractivity contribution in [1.29, 1.82) is 0 Å². The number of primary amides is 1. The maximum atomic E-state index is 12.7. The van der Waals surface area contributed by atoms with E-state index in [-0.39, 0.29) is 21.9 Å². The minimum atomic E-state index is -3.91. The van der Waals surface area contributed by atoms with Gasteiger partial charge >= 0.3 is 0 Å². The first-order valence-corrected chi connectivity index (χ1v) is 10.1. The standard InChI is InChI=1S/C19H14Cl2N2O4S/c20-15-10-7-13(11-16(15)21)27-18-4-2-1-3-17(18)23-28(25,26)14-8-5-12(6-9-14)19(22)24/h1-11,23H,(H2,22,24). The van der Waals surface area contributed by atoms with Crippen LogP contribution in [0.5, 0.6) is 11.5 Å². The molecule has 0 heterocycles. The maximum Gasteiger partial charge on any atom is 0.262 e. The van der Waals surface area contributed by atoms with Crippen molar-refractivity contribution < 1.29 is 17.9 Å². The predicted octanol–water partition coefficient (Wildman–Crippen LogP) is 4.69. The molecule has 0 saturated carbocycles. The molecule has 0 saturated heterocycles. The fraction of sp³-hybridized carbons (Fsp3) is 0. The molecule has 144 valence electrons. The fourth-order valence-corrected chi connectivity index (χ4v) is 3.67. The van der Waals surface area contributed by atoms with E-state index in [2.05, 4.69) is 4.72 Å². The Balaban J connectivity index is 1.87. The summed E-state index contributed by atoms with van der Waals surface area (Å²) in [6.45, 7) is 0. The highest BCUT2D eigenvalue weighted by Crippen LogP contribution is 2.33. The molecule has 9 heteroatoms. The first kappa shape index (κ1) is 20.0. The van der Waals surface area contributed by atoms with Crippen LogP contribution in [-0.4, -0.2) is 14.3 Å². The normalized spacial score (nSPS) is 11.1. The molecule has 0 unspecified atom stereocenters. The monoisotopic (exact) mass is 436 g/mol. The lowest BCUT2D eigenvalue weighted by Gasteiger charge is -2.14. The molecule has 3 rings (SSSR count). The number of nitrogens with two attached hydrogens (primary N) is 1. The van der Waals surface area contributed by atoms with Gasteiger partial charge < -0.3 is 10.5 Å². The van der Waals surface area contributed by atoms with Crippen LogP contribution < -0.4 is 15.2 Å². The number of anilines is 1. The second-order valence-electron chi connectivity index (χ2n) is 5.67. The summed E-state index contributed by atoms with van der Waals surface area (Å²) in [5.41, 5.74) is 5.61. The fourth-order valence-electron chi connectivity index (χ4n) is 2.31. The molecule has 3 aromatic rings. The summed E-state index contributed by atoms with van der Waals surface area (Å²) in [6, 6.07) is 16.5. The largest absolute Gasteiger partial charge is 0.455 e. The minimum Gasteiger partial charge on any atom is -0.455 e. The van der Waals surface area contributed by atoms with E-state index in [4.69, 9.17) is 33.7 Å². The zero-order valence-corrected chi connectivity index (χ0v) is 16.6. The lowest BCUT2D eigenvalue weighted by Crippen LogP contribution is -2.15. The molecule has 0 aromatic heterocycles. The molecule has 3 aromatic carbocycles. The van der Waals surface area contributed by atoms with Crippen LogP contribution >= 0.6 is 23.2 Å². The third-order valence-corrected chi connectivity index (χ3v) is 5.82. The lowest BCUT2D eigenvalue weighted by atomic mass is 10.2. The van der Waals surface area contributed by atoms with Crippen molar-refractivity contribution in [1.82, 2.24) is 0 Å². The topological polar surface area (TPSA) is 98.5 Å². The van der Waals surface area contributed by atoms with Gasteiger partial charge in [0.2, 0.25) is 5.91 Å². The number of halogens is 2. The summed E-state index contributed by atoms with van der Waals surface area (Å²) in [5.74, 6) is 0.0300. The first-order chi connectivity index (χ1) is 13.3. The Kier molecular flexibility index (Phi) is 5.79. The van der Waals surface area contributed by atoms with E-state index in [1.54, 1.807) is 36.4 Å². The minimum absolute atomic E-state index is 0.0261. The van der Waals surface area contributed by atoms with E-state index in [0.29, 0.717) is 15.8 Å². The summed E-state index contributed by atoms with van der Waals surface area (Å²) in [5, 5.41) is 0.689. The third kappa shape index (κ3) is 4.56. The smallest absolute Gasteiger partial charge is 0.262 e. The summed E-state index contributed by atoms with van der Waals surface area (Å²) in [4.78, 5) is 11.1. The molecular formula is C19H14Cl2N2O4S. The molecule has 0 aliphatic heterocycles. The number of sulfonamides is 1. The highest BCUT2D eigenvalue weighted by Gasteiger charge is 2.17. The van der Waals surface area contributed by atoms with Crippen LogP contribution in [0.15, 0.2) is 71.6 Å². The van der Waals surface area contributed by atoms with Crippen LogP contribution in [0.2, 0.25) is 10.0 Å². The van der Waals surface area contributed by atoms with E-state index in [9.17, 15) is 13.2 Å². The number of ether oxygens (including phenoxy) is 1. The number of rotatable bonds is 6. The number of nitrogens with one attached hydrogen (secondary N) is 1. The predicted molar refractivity (Wildman–Crippen MR) is 109 cm³/mol. The molecule has 0 atom stereocenters. The summed E-state index contributed by atoms with van der Waals surface area (Å²) >= 11 is 11.9. The van der Waals surface area contributed by atoms with Crippen molar-refractivity contribution in [2.24, 2.45) is 5.73 Å². The van der Waals surface area contributed by atoms with Crippen molar-refractivity contribution in [3.8, 4) is 11.5 Å². The third-order valence-electron chi connectivity index (χ3n) is 3.70. The van der Waals surface area contributed by atoms with Gasteiger partial charge in [-0.25, -0.2) is 8.42 Å². The Morgan fingerprint density at radius 3 is 2.25 bits per heavy atom. The number of para-hydroxylation sites is 2. The molecule has 0 radical (unpaired) electrons. The van der Waals surface area contributed by atoms with Crippen LogP contribution in [0.25, 0.3) is 0 Å². The molecule has 0 spiro atoms. The van der Waals surface area contributed by atoms with E-state index in [1.165, 1.54) is 30.3 Å². The maximum absolute atomic E-state index is 12.7. The van der Waals surface area contributed by atoms with Crippen molar-refractivity contribution >= 4 is 44.8 Å². The van der Waals surface area contributed by atoms with E-state index in [0.717, 1.165) is 0 Å². The number of carbonyl (C=O) groups excluding carboxylic acids is 1. The first-order valence-electron chi connectivity index (χ1n) is 7.91. The van der Waals surface area contributed by atoms with Gasteiger partial charge in [0.25, 0.3) is 10.0 Å². The van der Waals surface area contributed by atoms with Gasteiger partial charge in [-0.1, -0.05) is 35.3 Å². The van der Waals surface area contributed by atoms with Crippen LogP contribution in [0.3, 0.4) is 0 Å². The number of amides is 1. The second kappa shape index (κ2) is 8.10. The molecule has 1 amide bonds. The summed E-state index contributed by atoms with van der Waals surface area (Å²) in [7, 11) is -3.91. The average Bonchev–Trinajstić information content (AvgIpc) is 2.66. The van der Waals surface area contributed by atoms with Gasteiger partial charge in [0.1, 0.15) is 5.75 Å². The second-order valence-corrected chi connectivity index (χ2v) is 8.17. The lowest BCUT2D eigenvalue weighted by molar-refractivity contribution is 0.1000. The number of hydrogen-bond acceptors (Lipinski definition) is 4. The van der Waals surface area contributed by atoms with Crippen molar-refractivity contribution in [2.75, 3.05) is 4.72 Å². The quantitative estimate of drug-likeness (QED) is 0.585. The molecule has 28 heavy (non-hydrogen) atoms. The molecule has 0 aliphatic rings. The summed E-state index contributed by atoms with van der Waals surface area (Å²) < 4.78 is 33.5. The molecular weight excluding hydrogens is 423 g/mol. The van der Waals surface area contributed by atoms with Crippen molar-refractivity contribution in [3.05, 3.63) is 82.3 Å². The number of hydrogen-bond donors (Lipinski definition) is 2. The Morgan fingerprint density at radius 1 is 0.929 bits per heavy atom. The van der Waals surface area contributed by atoms with Crippen LogP contribution in [-0.2, 0) is 10.0 Å². The number of carbonyl (C=O) groups is 1. The van der Waals surface area contributed by atoms with E-state index in [1.807, 2.05) is 0 Å². The average molecular weight is 437 g/mol. The van der Waals surface area contributed by atoms with Gasteiger partial charge in [-0.2, -0.15) is 0 Å². The Hall–Kier alpha value is -2.74. The van der Waals surface area contributed by atoms with Crippen LogP contribution in [0, 0.1) is 0 Å². The van der Waals surface area contributed by atoms with E-state index >= 15 is 0 Å². The van der Waals surface area contributed by atoms with Gasteiger partial charge in [0.05, 0.1) is 20.6 Å². The van der Waals surface area contributed by atoms with Gasteiger partial charge in [0.15, 0.2) is 5.75 Å². The SMILES string of the molecule is NC(=O)c1ccc(S(=O)(=O)Nc2ccccc2Oc2ccc(Cl)c(Cl)c2)cc1. The van der Waals surface area contributed by atoms with Crippen LogP contribution in [0.4, 0.5) is 5.69 Å². The van der Waals surface area contributed by atoms with Crippen molar-refractivity contribution in [2.45, 2.75) is 4.90 Å². The molecule has 3 N–H and O–H groups in total. The van der Waals surface area contributed by atoms with Crippen molar-refractivity contribution in [3.63, 3.8) is 0 Å². The van der Waals surface area contributed by atoms with Gasteiger partial charge in [-0.3, -0.25) is 9.52 Å². The Labute approximate surface area is 171 Å². The molecule has 0 aliphatic carbocycles. The highest BCUT2D eigenvalue weighted by molar-refractivity contribution is 7.92. The van der Waals surface area contributed by atoms with Gasteiger partial charge in [-0.05, 0) is 48.5 Å². The Bertz CT molecular complexity index is 1130. The highest BCUT2D eigenvalue weighted by atomic mass is 35.5.